The first kappa shape index (κ1) is 24.9. The van der Waals surface area contributed by atoms with Gasteiger partial charge < -0.3 is 10.2 Å². The Kier molecular flexibility index (Phi) is 8.64. The highest BCUT2D eigenvalue weighted by molar-refractivity contribution is 9.10. The fourth-order valence-corrected chi connectivity index (χ4v) is 4.60. The zero-order chi connectivity index (χ0) is 23.2. The largest absolute Gasteiger partial charge is 0.355 e. The van der Waals surface area contributed by atoms with Crippen molar-refractivity contribution in [3.05, 3.63) is 64.1 Å². The number of rotatable bonds is 9. The van der Waals surface area contributed by atoms with E-state index >= 15 is 0 Å². The summed E-state index contributed by atoms with van der Waals surface area (Å²) in [5.41, 5.74) is 2.23. The number of aryl methyl sites for hydroxylation is 1. The van der Waals surface area contributed by atoms with Crippen molar-refractivity contribution in [3.63, 3.8) is 0 Å². The van der Waals surface area contributed by atoms with Gasteiger partial charge in [-0.2, -0.15) is 0 Å². The molecule has 7 nitrogen and oxygen atoms in total. The van der Waals surface area contributed by atoms with Crippen molar-refractivity contribution in [2.45, 2.75) is 33.4 Å². The summed E-state index contributed by atoms with van der Waals surface area (Å²) in [7, 11) is -3.75. The van der Waals surface area contributed by atoms with Crippen LogP contribution in [0.15, 0.2) is 53.0 Å². The van der Waals surface area contributed by atoms with E-state index < -0.39 is 28.5 Å². The molecule has 2 aromatic carbocycles. The topological polar surface area (TPSA) is 86.8 Å². The zero-order valence-corrected chi connectivity index (χ0v) is 20.5. The van der Waals surface area contributed by atoms with Crippen LogP contribution in [0.25, 0.3) is 0 Å². The van der Waals surface area contributed by atoms with E-state index in [9.17, 15) is 18.0 Å². The molecule has 1 atom stereocenters. The van der Waals surface area contributed by atoms with Crippen LogP contribution in [0.3, 0.4) is 0 Å². The number of benzene rings is 2. The van der Waals surface area contributed by atoms with Crippen LogP contribution in [0.4, 0.5) is 5.69 Å². The lowest BCUT2D eigenvalue weighted by Crippen LogP contribution is -2.51. The van der Waals surface area contributed by atoms with Gasteiger partial charge in [0.1, 0.15) is 12.6 Å². The van der Waals surface area contributed by atoms with Crippen molar-refractivity contribution in [2.75, 3.05) is 23.7 Å². The van der Waals surface area contributed by atoms with Crippen LogP contribution in [0.5, 0.6) is 0 Å². The molecule has 31 heavy (non-hydrogen) atoms. The maximum atomic E-state index is 13.4. The van der Waals surface area contributed by atoms with E-state index in [-0.39, 0.29) is 12.5 Å². The number of carbonyl (C=O) groups is 2. The summed E-state index contributed by atoms with van der Waals surface area (Å²) in [5, 5.41) is 2.73. The molecule has 0 aliphatic carbocycles. The van der Waals surface area contributed by atoms with E-state index in [2.05, 4.69) is 21.2 Å². The number of amides is 2. The van der Waals surface area contributed by atoms with Crippen LogP contribution in [0.2, 0.25) is 0 Å². The molecule has 0 unspecified atom stereocenters. The first-order valence-corrected chi connectivity index (χ1v) is 12.5. The lowest BCUT2D eigenvalue weighted by molar-refractivity contribution is -0.139. The van der Waals surface area contributed by atoms with Crippen molar-refractivity contribution in [1.82, 2.24) is 10.2 Å². The molecule has 0 bridgehead atoms. The lowest BCUT2D eigenvalue weighted by atomic mass is 10.1. The normalized spacial score (nSPS) is 12.2. The highest BCUT2D eigenvalue weighted by Gasteiger charge is 2.30. The molecule has 0 heterocycles. The highest BCUT2D eigenvalue weighted by atomic mass is 79.9. The van der Waals surface area contributed by atoms with Crippen LogP contribution < -0.4 is 9.62 Å². The molecule has 2 rings (SSSR count). The van der Waals surface area contributed by atoms with Crippen LogP contribution in [0, 0.1) is 6.92 Å². The van der Waals surface area contributed by atoms with E-state index in [0.29, 0.717) is 16.7 Å². The first-order chi connectivity index (χ1) is 14.6. The Hall–Kier alpha value is -2.39. The summed E-state index contributed by atoms with van der Waals surface area (Å²) in [6.45, 7) is 5.58. The maximum absolute atomic E-state index is 13.4. The van der Waals surface area contributed by atoms with Gasteiger partial charge in [0.2, 0.25) is 21.8 Å². The molecule has 0 aliphatic heterocycles. The van der Waals surface area contributed by atoms with E-state index in [0.717, 1.165) is 21.7 Å². The lowest BCUT2D eigenvalue weighted by Gasteiger charge is -2.32. The molecule has 168 valence electrons. The zero-order valence-electron chi connectivity index (χ0n) is 18.1. The third kappa shape index (κ3) is 6.54. The summed E-state index contributed by atoms with van der Waals surface area (Å²) >= 11 is 3.36. The molecule has 0 spiro atoms. The van der Waals surface area contributed by atoms with Crippen molar-refractivity contribution in [1.29, 1.82) is 0 Å². The number of hydrogen-bond acceptors (Lipinski definition) is 4. The van der Waals surface area contributed by atoms with Gasteiger partial charge in [0.15, 0.2) is 0 Å². The quantitative estimate of drug-likeness (QED) is 0.562. The molecule has 2 aromatic rings. The van der Waals surface area contributed by atoms with Crippen LogP contribution >= 0.6 is 15.9 Å². The third-order valence-corrected chi connectivity index (χ3v) is 6.72. The van der Waals surface area contributed by atoms with Crippen LogP contribution in [-0.2, 0) is 26.2 Å². The number of para-hydroxylation sites is 1. The second kappa shape index (κ2) is 10.8. The van der Waals surface area contributed by atoms with E-state index in [1.54, 1.807) is 38.1 Å². The van der Waals surface area contributed by atoms with E-state index in [1.165, 1.54) is 4.90 Å². The number of likely N-dealkylation sites (N-methyl/N-ethyl adjacent to an activating group) is 1. The summed E-state index contributed by atoms with van der Waals surface area (Å²) in [6.07, 6.45) is 1.05. The minimum absolute atomic E-state index is 0.192. The molecule has 1 N–H and O–H groups in total. The maximum Gasteiger partial charge on any atom is 0.244 e. The Morgan fingerprint density at radius 1 is 1.10 bits per heavy atom. The van der Waals surface area contributed by atoms with Gasteiger partial charge in [-0.05, 0) is 60.0 Å². The molecule has 0 saturated heterocycles. The Balaban J connectivity index is 2.41. The standard InChI is InChI=1S/C22H28BrN3O4S/c1-5-24-22(28)17(3)25(14-18-11-7-6-10-16(18)2)21(27)15-26(31(4,29)30)20-13-9-8-12-19(20)23/h6-13,17H,5,14-15H2,1-4H3,(H,24,28)/t17-/m0/s1. The van der Waals surface area contributed by atoms with Gasteiger partial charge in [-0.15, -0.1) is 0 Å². The monoisotopic (exact) mass is 509 g/mol. The molecule has 0 aromatic heterocycles. The fourth-order valence-electron chi connectivity index (χ4n) is 3.12. The average Bonchev–Trinajstić information content (AvgIpc) is 2.71. The molecular formula is C22H28BrN3O4S. The molecule has 0 fully saturated rings. The molecule has 0 saturated carbocycles. The van der Waals surface area contributed by atoms with Crippen molar-refractivity contribution >= 4 is 43.5 Å². The third-order valence-electron chi connectivity index (χ3n) is 4.92. The van der Waals surface area contributed by atoms with Gasteiger partial charge in [0.25, 0.3) is 0 Å². The molecule has 9 heteroatoms. The van der Waals surface area contributed by atoms with Crippen LogP contribution in [0.1, 0.15) is 25.0 Å². The second-order valence-electron chi connectivity index (χ2n) is 7.24. The van der Waals surface area contributed by atoms with Gasteiger partial charge in [-0.3, -0.25) is 13.9 Å². The number of carbonyl (C=O) groups excluding carboxylic acids is 2. The first-order valence-electron chi connectivity index (χ1n) is 9.90. The van der Waals surface area contributed by atoms with E-state index in [1.807, 2.05) is 31.2 Å². The number of sulfonamides is 1. The Labute approximate surface area is 192 Å². The van der Waals surface area contributed by atoms with Crippen LogP contribution in [-0.4, -0.2) is 50.5 Å². The minimum atomic E-state index is -3.75. The predicted molar refractivity (Wildman–Crippen MR) is 126 cm³/mol. The number of hydrogen-bond donors (Lipinski definition) is 1. The minimum Gasteiger partial charge on any atom is -0.355 e. The molecule has 0 aliphatic rings. The van der Waals surface area contributed by atoms with Gasteiger partial charge in [0.05, 0.1) is 11.9 Å². The smallest absolute Gasteiger partial charge is 0.244 e. The summed E-state index contributed by atoms with van der Waals surface area (Å²) in [6, 6.07) is 13.6. The summed E-state index contributed by atoms with van der Waals surface area (Å²) in [5.74, 6) is -0.764. The highest BCUT2D eigenvalue weighted by Crippen LogP contribution is 2.28. The van der Waals surface area contributed by atoms with Gasteiger partial charge in [-0.25, -0.2) is 8.42 Å². The Morgan fingerprint density at radius 3 is 2.29 bits per heavy atom. The molecular weight excluding hydrogens is 482 g/mol. The number of nitrogens with one attached hydrogen (secondary N) is 1. The summed E-state index contributed by atoms with van der Waals surface area (Å²) in [4.78, 5) is 27.3. The number of nitrogens with zero attached hydrogens (tertiary/aromatic N) is 2. The molecule has 2 amide bonds. The van der Waals surface area contributed by atoms with Gasteiger partial charge >= 0.3 is 0 Å². The Bertz CT molecular complexity index is 1040. The van der Waals surface area contributed by atoms with Gasteiger partial charge in [-0.1, -0.05) is 36.4 Å². The molecule has 0 radical (unpaired) electrons. The average molecular weight is 510 g/mol. The van der Waals surface area contributed by atoms with Gasteiger partial charge in [0, 0.05) is 17.6 Å². The fraction of sp³-hybridized carbons (Fsp3) is 0.364. The summed E-state index contributed by atoms with van der Waals surface area (Å²) < 4.78 is 26.6. The van der Waals surface area contributed by atoms with Crippen molar-refractivity contribution in [3.8, 4) is 0 Å². The SMILES string of the molecule is CCNC(=O)[C@H](C)N(Cc1ccccc1C)C(=O)CN(c1ccccc1Br)S(C)(=O)=O. The number of anilines is 1. The van der Waals surface area contributed by atoms with Crippen molar-refractivity contribution < 1.29 is 18.0 Å². The van der Waals surface area contributed by atoms with Crippen molar-refractivity contribution in [2.24, 2.45) is 0 Å². The number of halogens is 1. The second-order valence-corrected chi connectivity index (χ2v) is 10.0. The Morgan fingerprint density at radius 2 is 1.71 bits per heavy atom. The van der Waals surface area contributed by atoms with E-state index in [4.69, 9.17) is 0 Å². The predicted octanol–water partition coefficient (Wildman–Crippen LogP) is 3.08.